The van der Waals surface area contributed by atoms with E-state index in [-0.39, 0.29) is 11.3 Å². The molecule has 0 radical (unpaired) electrons. The summed E-state index contributed by atoms with van der Waals surface area (Å²) in [6, 6.07) is 18.8. The first kappa shape index (κ1) is 21.5. The highest BCUT2D eigenvalue weighted by molar-refractivity contribution is 5.93. The largest absolute Gasteiger partial charge is 0.423 e. The Kier molecular flexibility index (Phi) is 5.73. The van der Waals surface area contributed by atoms with Crippen LogP contribution in [-0.4, -0.2) is 9.85 Å². The lowest BCUT2D eigenvalue weighted by Gasteiger charge is -2.14. The molecule has 0 bridgehead atoms. The van der Waals surface area contributed by atoms with Crippen molar-refractivity contribution in [2.75, 3.05) is 10.6 Å². The minimum Gasteiger partial charge on any atom is -0.423 e. The second-order valence-corrected chi connectivity index (χ2v) is 7.36. The van der Waals surface area contributed by atoms with Crippen LogP contribution in [0.4, 0.5) is 22.7 Å². The molecule has 4 rings (SSSR count). The fourth-order valence-electron chi connectivity index (χ4n) is 3.34. The highest BCUT2D eigenvalue weighted by Crippen LogP contribution is 2.29. The Bertz CT molecular complexity index is 1400. The SMILES string of the molecule is Cc1ccc(C(Nc2ccc(Nc3cc(=O)oc4ccc([N+](=O)[O-])cc34)cc2)[N+](=O)[O-])cc1. The second kappa shape index (κ2) is 8.79. The highest BCUT2D eigenvalue weighted by atomic mass is 16.6. The molecule has 33 heavy (non-hydrogen) atoms. The summed E-state index contributed by atoms with van der Waals surface area (Å²) >= 11 is 0. The lowest BCUT2D eigenvalue weighted by Crippen LogP contribution is -2.19. The normalized spacial score (nSPS) is 11.7. The zero-order valence-electron chi connectivity index (χ0n) is 17.3. The van der Waals surface area contributed by atoms with Gasteiger partial charge >= 0.3 is 11.8 Å². The zero-order chi connectivity index (χ0) is 23.5. The van der Waals surface area contributed by atoms with Gasteiger partial charge in [0, 0.05) is 40.5 Å². The number of nitro groups is 2. The fraction of sp³-hybridized carbons (Fsp3) is 0.0870. The standard InChI is InChI=1S/C23H18N4O6/c1-14-2-4-15(5-3-14)23(27(31)32)25-17-8-6-16(7-9-17)24-20-13-22(28)33-21-11-10-18(26(29)30)12-19(20)21/h2-13,23-25H,1H3. The van der Waals surface area contributed by atoms with Crippen molar-refractivity contribution in [3.05, 3.63) is 115 Å². The molecule has 0 spiro atoms. The molecule has 2 N–H and O–H groups in total. The van der Waals surface area contributed by atoms with E-state index in [2.05, 4.69) is 10.6 Å². The molecule has 10 nitrogen and oxygen atoms in total. The Morgan fingerprint density at radius 1 is 0.879 bits per heavy atom. The van der Waals surface area contributed by atoms with Crippen molar-refractivity contribution in [2.24, 2.45) is 0 Å². The third-order valence-corrected chi connectivity index (χ3v) is 5.01. The number of nitrogens with zero attached hydrogens (tertiary/aromatic N) is 2. The van der Waals surface area contributed by atoms with Crippen molar-refractivity contribution in [2.45, 2.75) is 13.1 Å². The first-order valence-corrected chi connectivity index (χ1v) is 9.86. The van der Waals surface area contributed by atoms with Gasteiger partial charge in [-0.1, -0.05) is 17.7 Å². The van der Waals surface area contributed by atoms with Crippen LogP contribution in [0, 0.1) is 27.2 Å². The molecule has 0 saturated heterocycles. The molecule has 10 heteroatoms. The summed E-state index contributed by atoms with van der Waals surface area (Å²) in [4.78, 5) is 33.6. The van der Waals surface area contributed by atoms with E-state index in [9.17, 15) is 25.0 Å². The Balaban J connectivity index is 1.59. The van der Waals surface area contributed by atoms with Crippen molar-refractivity contribution in [3.8, 4) is 0 Å². The summed E-state index contributed by atoms with van der Waals surface area (Å²) in [6.07, 6.45) is -1.12. The lowest BCUT2D eigenvalue weighted by atomic mass is 10.1. The van der Waals surface area contributed by atoms with E-state index < -0.39 is 21.6 Å². The van der Waals surface area contributed by atoms with Gasteiger partial charge in [-0.25, -0.2) is 4.79 Å². The minimum absolute atomic E-state index is 0.138. The second-order valence-electron chi connectivity index (χ2n) is 7.36. The minimum atomic E-state index is -1.12. The molecule has 0 aliphatic rings. The van der Waals surface area contributed by atoms with E-state index in [1.807, 2.05) is 19.1 Å². The Morgan fingerprint density at radius 2 is 1.55 bits per heavy atom. The summed E-state index contributed by atoms with van der Waals surface area (Å²) in [5.74, 6) is 0. The van der Waals surface area contributed by atoms with Gasteiger partial charge in [0.05, 0.1) is 15.5 Å². The van der Waals surface area contributed by atoms with E-state index in [1.165, 1.54) is 24.3 Å². The molecular weight excluding hydrogens is 428 g/mol. The van der Waals surface area contributed by atoms with Crippen LogP contribution in [-0.2, 0) is 0 Å². The van der Waals surface area contributed by atoms with Crippen molar-refractivity contribution >= 4 is 33.7 Å². The number of aryl methyl sites for hydroxylation is 1. The Labute approximate surface area is 186 Å². The van der Waals surface area contributed by atoms with Crippen LogP contribution in [0.1, 0.15) is 17.3 Å². The van der Waals surface area contributed by atoms with Crippen LogP contribution in [0.25, 0.3) is 11.0 Å². The van der Waals surface area contributed by atoms with E-state index in [0.717, 1.165) is 5.56 Å². The van der Waals surface area contributed by atoms with Crippen LogP contribution in [0.5, 0.6) is 0 Å². The van der Waals surface area contributed by atoms with Gasteiger partial charge < -0.3 is 15.1 Å². The number of non-ortho nitro benzene ring substituents is 1. The van der Waals surface area contributed by atoms with Crippen molar-refractivity contribution < 1.29 is 14.3 Å². The van der Waals surface area contributed by atoms with Gasteiger partial charge in [0.25, 0.3) is 5.69 Å². The molecule has 0 aliphatic heterocycles. The molecule has 0 fully saturated rings. The number of nitro benzene ring substituents is 1. The monoisotopic (exact) mass is 446 g/mol. The fourth-order valence-corrected chi connectivity index (χ4v) is 3.34. The van der Waals surface area contributed by atoms with E-state index in [4.69, 9.17) is 4.42 Å². The predicted molar refractivity (Wildman–Crippen MR) is 123 cm³/mol. The van der Waals surface area contributed by atoms with E-state index in [1.54, 1.807) is 36.4 Å². The number of rotatable bonds is 7. The maximum absolute atomic E-state index is 11.9. The topological polar surface area (TPSA) is 141 Å². The molecule has 1 heterocycles. The number of anilines is 3. The molecule has 1 unspecified atom stereocenters. The first-order chi connectivity index (χ1) is 15.8. The van der Waals surface area contributed by atoms with Gasteiger partial charge in [-0.05, 0) is 49.4 Å². The lowest BCUT2D eigenvalue weighted by molar-refractivity contribution is -0.521. The number of fused-ring (bicyclic) bond motifs is 1. The van der Waals surface area contributed by atoms with E-state index in [0.29, 0.717) is 28.0 Å². The van der Waals surface area contributed by atoms with Gasteiger partial charge in [-0.15, -0.1) is 0 Å². The molecule has 0 amide bonds. The summed E-state index contributed by atoms with van der Waals surface area (Å²) in [6.45, 7) is 1.90. The molecular formula is C23H18N4O6. The molecule has 166 valence electrons. The summed E-state index contributed by atoms with van der Waals surface area (Å²) in [5.41, 5.74) is 2.43. The number of hydrogen-bond acceptors (Lipinski definition) is 8. The molecule has 1 aromatic heterocycles. The molecule has 0 aliphatic carbocycles. The van der Waals surface area contributed by atoms with Gasteiger partial charge in [0.15, 0.2) is 0 Å². The molecule has 4 aromatic rings. The van der Waals surface area contributed by atoms with Crippen LogP contribution < -0.4 is 16.3 Å². The summed E-state index contributed by atoms with van der Waals surface area (Å²) < 4.78 is 5.12. The predicted octanol–water partition coefficient (Wildman–Crippen LogP) is 5.14. The average molecular weight is 446 g/mol. The van der Waals surface area contributed by atoms with Crippen LogP contribution >= 0.6 is 0 Å². The van der Waals surface area contributed by atoms with Crippen molar-refractivity contribution in [1.29, 1.82) is 0 Å². The summed E-state index contributed by atoms with van der Waals surface area (Å²) in [7, 11) is 0. The van der Waals surface area contributed by atoms with Crippen LogP contribution in [0.2, 0.25) is 0 Å². The van der Waals surface area contributed by atoms with Crippen molar-refractivity contribution in [3.63, 3.8) is 0 Å². The highest BCUT2D eigenvalue weighted by Gasteiger charge is 2.22. The third-order valence-electron chi connectivity index (χ3n) is 5.01. The van der Waals surface area contributed by atoms with Crippen LogP contribution in [0.15, 0.2) is 82.0 Å². The molecule has 0 saturated carbocycles. The average Bonchev–Trinajstić information content (AvgIpc) is 2.78. The first-order valence-electron chi connectivity index (χ1n) is 9.86. The number of hydrogen-bond donors (Lipinski definition) is 2. The van der Waals surface area contributed by atoms with Gasteiger partial charge in [-0.3, -0.25) is 20.2 Å². The molecule has 3 aromatic carbocycles. The number of benzene rings is 3. The Morgan fingerprint density at radius 3 is 2.18 bits per heavy atom. The van der Waals surface area contributed by atoms with Crippen LogP contribution in [0.3, 0.4) is 0 Å². The zero-order valence-corrected chi connectivity index (χ0v) is 17.3. The van der Waals surface area contributed by atoms with Crippen molar-refractivity contribution in [1.82, 2.24) is 0 Å². The molecule has 1 atom stereocenters. The Hall–Kier alpha value is -4.73. The van der Waals surface area contributed by atoms with Gasteiger partial charge in [0.2, 0.25) is 0 Å². The maximum atomic E-state index is 11.9. The maximum Gasteiger partial charge on any atom is 0.338 e. The van der Waals surface area contributed by atoms with Gasteiger partial charge in [0.1, 0.15) is 5.58 Å². The quantitative estimate of drug-likeness (QED) is 0.172. The van der Waals surface area contributed by atoms with E-state index >= 15 is 0 Å². The third kappa shape index (κ3) is 4.79. The smallest absolute Gasteiger partial charge is 0.338 e. The van der Waals surface area contributed by atoms with Gasteiger partial charge in [-0.2, -0.15) is 0 Å². The number of nitrogens with one attached hydrogen (secondary N) is 2. The summed E-state index contributed by atoms with van der Waals surface area (Å²) in [5, 5.41) is 29.0.